The summed E-state index contributed by atoms with van der Waals surface area (Å²) in [5.74, 6) is 0.357. The van der Waals surface area contributed by atoms with Gasteiger partial charge in [0, 0.05) is 6.54 Å². The second-order valence-corrected chi connectivity index (χ2v) is 8.08. The molecule has 0 spiro atoms. The number of halogens is 1. The van der Waals surface area contributed by atoms with Crippen molar-refractivity contribution in [3.63, 3.8) is 0 Å². The molecule has 1 aliphatic carbocycles. The Kier molecular flexibility index (Phi) is 8.28. The van der Waals surface area contributed by atoms with E-state index in [1.165, 1.54) is 11.1 Å². The monoisotopic (exact) mass is 453 g/mol. The third-order valence-electron chi connectivity index (χ3n) is 5.69. The van der Waals surface area contributed by atoms with Crippen LogP contribution in [0.15, 0.2) is 72.8 Å². The summed E-state index contributed by atoms with van der Waals surface area (Å²) in [4.78, 5) is 11.0. The molecular weight excluding hydrogens is 426 g/mol. The Morgan fingerprint density at radius 1 is 0.969 bits per heavy atom. The number of rotatable bonds is 9. The minimum atomic E-state index is -0.910. The molecule has 32 heavy (non-hydrogen) atoms. The van der Waals surface area contributed by atoms with Crippen molar-refractivity contribution in [2.45, 2.75) is 18.9 Å². The molecule has 3 aromatic rings. The molecule has 0 fully saturated rings. The van der Waals surface area contributed by atoms with E-state index in [4.69, 9.17) is 9.84 Å². The maximum absolute atomic E-state index is 11.0. The number of aliphatic hydroxyl groups is 1. The largest absolute Gasteiger partial charge is 0.491 e. The van der Waals surface area contributed by atoms with Crippen molar-refractivity contribution in [1.29, 1.82) is 0 Å². The number of ether oxygens (including phenoxy) is 1. The van der Waals surface area contributed by atoms with Crippen molar-refractivity contribution in [3.05, 3.63) is 89.5 Å². The van der Waals surface area contributed by atoms with E-state index in [1.54, 1.807) is 12.1 Å². The van der Waals surface area contributed by atoms with Crippen LogP contribution < -0.4 is 10.1 Å². The summed E-state index contributed by atoms with van der Waals surface area (Å²) < 4.78 is 5.59. The van der Waals surface area contributed by atoms with Gasteiger partial charge in [0.2, 0.25) is 0 Å². The lowest BCUT2D eigenvalue weighted by Crippen LogP contribution is -2.34. The van der Waals surface area contributed by atoms with Crippen LogP contribution in [-0.4, -0.2) is 42.0 Å². The fourth-order valence-corrected chi connectivity index (χ4v) is 4.06. The third-order valence-corrected chi connectivity index (χ3v) is 5.69. The lowest BCUT2D eigenvalue weighted by Gasteiger charge is -2.15. The quantitative estimate of drug-likeness (QED) is 0.452. The number of carboxylic acids is 1. The average molecular weight is 454 g/mol. The number of carboxylic acid groups (broad SMARTS) is 1. The fourth-order valence-electron chi connectivity index (χ4n) is 4.06. The highest BCUT2D eigenvalue weighted by Crippen LogP contribution is 2.31. The molecule has 1 aliphatic rings. The van der Waals surface area contributed by atoms with E-state index < -0.39 is 12.1 Å². The van der Waals surface area contributed by atoms with Gasteiger partial charge >= 0.3 is 5.97 Å². The molecule has 0 saturated heterocycles. The van der Waals surface area contributed by atoms with Crippen LogP contribution >= 0.6 is 12.4 Å². The number of para-hydroxylation sites is 1. The molecule has 2 atom stereocenters. The molecule has 168 valence electrons. The number of hydrogen-bond donors (Lipinski definition) is 3. The average Bonchev–Trinajstić information content (AvgIpc) is 3.20. The van der Waals surface area contributed by atoms with Crippen LogP contribution in [0.4, 0.5) is 0 Å². The number of aliphatic hydroxyl groups excluding tert-OH is 1. The number of benzene rings is 3. The van der Waals surface area contributed by atoms with Gasteiger partial charge in [-0.2, -0.15) is 0 Å². The van der Waals surface area contributed by atoms with Crippen LogP contribution in [0.5, 0.6) is 5.75 Å². The smallest absolute Gasteiger partial charge is 0.335 e. The maximum atomic E-state index is 11.0. The number of hydrogen-bond acceptors (Lipinski definition) is 4. The lowest BCUT2D eigenvalue weighted by atomic mass is 9.99. The molecule has 4 rings (SSSR count). The van der Waals surface area contributed by atoms with Gasteiger partial charge in [0.25, 0.3) is 0 Å². The zero-order valence-corrected chi connectivity index (χ0v) is 18.6. The summed E-state index contributed by atoms with van der Waals surface area (Å²) >= 11 is 0. The maximum Gasteiger partial charge on any atom is 0.335 e. The van der Waals surface area contributed by atoms with E-state index in [0.717, 1.165) is 36.3 Å². The summed E-state index contributed by atoms with van der Waals surface area (Å²) in [6.45, 7) is 1.62. The highest BCUT2D eigenvalue weighted by molar-refractivity contribution is 5.88. The van der Waals surface area contributed by atoms with Gasteiger partial charge in [0.05, 0.1) is 5.56 Å². The first-order chi connectivity index (χ1) is 15.1. The molecule has 3 N–H and O–H groups in total. The van der Waals surface area contributed by atoms with Crippen molar-refractivity contribution in [2.75, 3.05) is 19.7 Å². The van der Waals surface area contributed by atoms with Crippen molar-refractivity contribution in [1.82, 2.24) is 5.32 Å². The van der Waals surface area contributed by atoms with Crippen LogP contribution in [-0.2, 0) is 12.8 Å². The van der Waals surface area contributed by atoms with Gasteiger partial charge in [0.15, 0.2) is 0 Å². The van der Waals surface area contributed by atoms with E-state index in [9.17, 15) is 9.90 Å². The Morgan fingerprint density at radius 2 is 1.66 bits per heavy atom. The Balaban J connectivity index is 0.00000289. The fraction of sp³-hybridized carbons (Fsp3) is 0.269. The first-order valence-corrected chi connectivity index (χ1v) is 10.6. The molecule has 0 bridgehead atoms. The number of carbonyl (C=O) groups is 1. The minimum Gasteiger partial charge on any atom is -0.491 e. The summed E-state index contributed by atoms with van der Waals surface area (Å²) in [5.41, 5.74) is 5.14. The van der Waals surface area contributed by atoms with Crippen LogP contribution in [0, 0.1) is 5.92 Å². The summed E-state index contributed by atoms with van der Waals surface area (Å²) in [7, 11) is 0. The highest BCUT2D eigenvalue weighted by atomic mass is 35.5. The molecule has 0 amide bonds. The first-order valence-electron chi connectivity index (χ1n) is 10.6. The minimum absolute atomic E-state index is 0. The highest BCUT2D eigenvalue weighted by Gasteiger charge is 2.22. The van der Waals surface area contributed by atoms with Gasteiger partial charge in [-0.25, -0.2) is 4.79 Å². The normalized spacial score (nSPS) is 15.5. The molecule has 0 aliphatic heterocycles. The van der Waals surface area contributed by atoms with Gasteiger partial charge in [-0.3, -0.25) is 0 Å². The predicted molar refractivity (Wildman–Crippen MR) is 128 cm³/mol. The van der Waals surface area contributed by atoms with Crippen molar-refractivity contribution in [3.8, 4) is 16.9 Å². The number of nitrogens with one attached hydrogen (secondary N) is 1. The van der Waals surface area contributed by atoms with E-state index in [2.05, 4.69) is 23.5 Å². The van der Waals surface area contributed by atoms with Gasteiger partial charge < -0.3 is 20.3 Å². The molecule has 3 aromatic carbocycles. The zero-order valence-electron chi connectivity index (χ0n) is 17.7. The van der Waals surface area contributed by atoms with Crippen LogP contribution in [0.3, 0.4) is 0 Å². The Bertz CT molecular complexity index is 1020. The molecule has 0 heterocycles. The Labute approximate surface area is 194 Å². The third kappa shape index (κ3) is 6.10. The van der Waals surface area contributed by atoms with Gasteiger partial charge in [-0.15, -0.1) is 12.4 Å². The first kappa shape index (κ1) is 23.8. The topological polar surface area (TPSA) is 78.8 Å². The second kappa shape index (κ2) is 11.1. The van der Waals surface area contributed by atoms with E-state index in [0.29, 0.717) is 18.0 Å². The standard InChI is InChI=1S/C26H27NO4.ClH/c28-24(17-31-25-4-2-1-3-5-25)16-27-15-18-12-21-10-11-22(14-23(21)13-18)19-6-8-20(9-7-19)26(29)30;/h1-11,14,18,24,27-28H,12-13,15-17H2,(H,29,30);1H/t18?,24-;/m0./s1. The second-order valence-electron chi connectivity index (χ2n) is 8.08. The van der Waals surface area contributed by atoms with Crippen LogP contribution in [0.1, 0.15) is 21.5 Å². The predicted octanol–water partition coefficient (Wildman–Crippen LogP) is 4.22. The molecule has 1 unspecified atom stereocenters. The lowest BCUT2D eigenvalue weighted by molar-refractivity contribution is 0.0697. The van der Waals surface area contributed by atoms with Crippen molar-refractivity contribution >= 4 is 18.4 Å². The molecule has 5 nitrogen and oxygen atoms in total. The van der Waals surface area contributed by atoms with Crippen molar-refractivity contribution in [2.24, 2.45) is 5.92 Å². The van der Waals surface area contributed by atoms with Crippen LogP contribution in [0.2, 0.25) is 0 Å². The van der Waals surface area contributed by atoms with Gasteiger partial charge in [0.1, 0.15) is 18.5 Å². The molecule has 0 radical (unpaired) electrons. The van der Waals surface area contributed by atoms with E-state index in [-0.39, 0.29) is 19.0 Å². The van der Waals surface area contributed by atoms with Gasteiger partial charge in [-0.05, 0) is 71.8 Å². The molecule has 0 saturated carbocycles. The SMILES string of the molecule is Cl.O=C(O)c1ccc(-c2ccc3c(c2)CC(CNC[C@H](O)COc2ccccc2)C3)cc1. The summed E-state index contributed by atoms with van der Waals surface area (Å²) in [5, 5.41) is 22.6. The number of fused-ring (bicyclic) bond motifs is 1. The molecule has 6 heteroatoms. The molecular formula is C26H28ClNO4. The summed E-state index contributed by atoms with van der Waals surface area (Å²) in [6, 6.07) is 23.0. The number of aromatic carboxylic acids is 1. The molecule has 0 aromatic heterocycles. The Hall–Kier alpha value is -2.86. The summed E-state index contributed by atoms with van der Waals surface area (Å²) in [6.07, 6.45) is 1.47. The van der Waals surface area contributed by atoms with Crippen molar-refractivity contribution < 1.29 is 19.7 Å². The van der Waals surface area contributed by atoms with E-state index in [1.807, 2.05) is 42.5 Å². The zero-order chi connectivity index (χ0) is 21.6. The van der Waals surface area contributed by atoms with Gasteiger partial charge in [-0.1, -0.05) is 48.5 Å². The Morgan fingerprint density at radius 3 is 2.38 bits per heavy atom. The van der Waals surface area contributed by atoms with E-state index >= 15 is 0 Å². The van der Waals surface area contributed by atoms with Crippen LogP contribution in [0.25, 0.3) is 11.1 Å².